The summed E-state index contributed by atoms with van der Waals surface area (Å²) in [7, 11) is 0. The van der Waals surface area contributed by atoms with E-state index in [0.29, 0.717) is 0 Å². The summed E-state index contributed by atoms with van der Waals surface area (Å²) in [4.78, 5) is 0. The van der Waals surface area contributed by atoms with Crippen LogP contribution in [0.3, 0.4) is 0 Å². The second kappa shape index (κ2) is 5.52. The number of hydrogen-bond donors (Lipinski definition) is 0. The molecular weight excluding hydrogens is 288 g/mol. The molecule has 0 radical (unpaired) electrons. The molecule has 108 valence electrons. The molecular formula is C24H12. The highest BCUT2D eigenvalue weighted by atomic mass is 14.3. The Morgan fingerprint density at radius 3 is 1.96 bits per heavy atom. The highest BCUT2D eigenvalue weighted by Gasteiger charge is 2.25. The second-order valence-corrected chi connectivity index (χ2v) is 5.54. The zero-order valence-electron chi connectivity index (χ0n) is 12.9. The van der Waals surface area contributed by atoms with E-state index in [-0.39, 0.29) is 0 Å². The van der Waals surface area contributed by atoms with Crippen molar-refractivity contribution in [2.45, 2.75) is 0 Å². The highest BCUT2D eigenvalue weighted by molar-refractivity contribution is 6.05. The molecule has 0 heterocycles. The Kier molecular flexibility index (Phi) is 3.21. The van der Waals surface area contributed by atoms with Crippen molar-refractivity contribution in [2.24, 2.45) is 0 Å². The van der Waals surface area contributed by atoms with Crippen molar-refractivity contribution >= 4 is 0 Å². The lowest BCUT2D eigenvalue weighted by Crippen LogP contribution is -2.03. The fourth-order valence-electron chi connectivity index (χ4n) is 3.08. The summed E-state index contributed by atoms with van der Waals surface area (Å²) >= 11 is 0. The van der Waals surface area contributed by atoms with Gasteiger partial charge in [-0.1, -0.05) is 66.1 Å². The minimum Gasteiger partial charge on any atom is -0.115 e. The van der Waals surface area contributed by atoms with Crippen LogP contribution in [0.15, 0.2) is 60.7 Å². The van der Waals surface area contributed by atoms with Crippen LogP contribution in [0.25, 0.3) is 22.3 Å². The SMILES string of the molecule is C#Cc1ccccc1C#Cc1c(C#C)ccc2c1-c1ccccc1-2. The molecule has 0 heteroatoms. The number of hydrogen-bond acceptors (Lipinski definition) is 0. The average Bonchev–Trinajstić information content (AvgIpc) is 2.63. The van der Waals surface area contributed by atoms with E-state index in [2.05, 4.69) is 41.9 Å². The van der Waals surface area contributed by atoms with Crippen LogP contribution in [0.5, 0.6) is 0 Å². The van der Waals surface area contributed by atoms with Gasteiger partial charge in [-0.3, -0.25) is 0 Å². The van der Waals surface area contributed by atoms with Crippen LogP contribution >= 0.6 is 0 Å². The lowest BCUT2D eigenvalue weighted by Gasteiger charge is -2.25. The predicted octanol–water partition coefficient (Wildman–Crippen LogP) is 4.70. The van der Waals surface area contributed by atoms with Crippen molar-refractivity contribution in [3.63, 3.8) is 0 Å². The molecule has 0 fully saturated rings. The second-order valence-electron chi connectivity index (χ2n) is 5.54. The van der Waals surface area contributed by atoms with E-state index in [0.717, 1.165) is 27.8 Å². The predicted molar refractivity (Wildman–Crippen MR) is 99.2 cm³/mol. The third-order valence-corrected chi connectivity index (χ3v) is 4.25. The molecule has 4 rings (SSSR count). The van der Waals surface area contributed by atoms with Crippen LogP contribution < -0.4 is 0 Å². The Bertz CT molecular complexity index is 1120. The summed E-state index contributed by atoms with van der Waals surface area (Å²) in [6, 6.07) is 20.0. The van der Waals surface area contributed by atoms with Crippen LogP contribution in [0.1, 0.15) is 22.3 Å². The highest BCUT2D eigenvalue weighted by Crippen LogP contribution is 2.49. The van der Waals surface area contributed by atoms with Gasteiger partial charge in [0.2, 0.25) is 0 Å². The largest absolute Gasteiger partial charge is 0.115 e. The Morgan fingerprint density at radius 2 is 1.21 bits per heavy atom. The average molecular weight is 300 g/mol. The van der Waals surface area contributed by atoms with Crippen LogP contribution in [0.4, 0.5) is 0 Å². The molecule has 24 heavy (non-hydrogen) atoms. The van der Waals surface area contributed by atoms with E-state index in [1.165, 1.54) is 16.7 Å². The quantitative estimate of drug-likeness (QED) is 0.413. The molecule has 0 saturated carbocycles. The van der Waals surface area contributed by atoms with Gasteiger partial charge in [0.15, 0.2) is 0 Å². The molecule has 0 amide bonds. The van der Waals surface area contributed by atoms with Crippen molar-refractivity contribution in [3.8, 4) is 58.8 Å². The fraction of sp³-hybridized carbons (Fsp3) is 0. The van der Waals surface area contributed by atoms with Crippen molar-refractivity contribution in [1.82, 2.24) is 0 Å². The van der Waals surface area contributed by atoms with Crippen LogP contribution in [0.2, 0.25) is 0 Å². The number of rotatable bonds is 0. The van der Waals surface area contributed by atoms with Gasteiger partial charge in [-0.25, -0.2) is 0 Å². The summed E-state index contributed by atoms with van der Waals surface area (Å²) in [6.07, 6.45) is 11.2. The molecule has 0 saturated heterocycles. The maximum absolute atomic E-state index is 5.69. The molecule has 0 atom stereocenters. The zero-order valence-corrected chi connectivity index (χ0v) is 12.9. The van der Waals surface area contributed by atoms with Crippen molar-refractivity contribution in [2.75, 3.05) is 0 Å². The Balaban J connectivity index is 1.90. The Hall–Kier alpha value is -3.66. The third-order valence-electron chi connectivity index (χ3n) is 4.25. The Labute approximate surface area is 142 Å². The van der Waals surface area contributed by atoms with E-state index < -0.39 is 0 Å². The number of terminal acetylenes is 2. The molecule has 0 aromatic heterocycles. The van der Waals surface area contributed by atoms with Crippen molar-refractivity contribution in [1.29, 1.82) is 0 Å². The summed E-state index contributed by atoms with van der Waals surface area (Å²) in [6.45, 7) is 0. The minimum atomic E-state index is 0.794. The molecule has 3 aromatic rings. The molecule has 0 aliphatic heterocycles. The molecule has 0 spiro atoms. The van der Waals surface area contributed by atoms with Gasteiger partial charge in [0, 0.05) is 27.8 Å². The third kappa shape index (κ3) is 2.01. The van der Waals surface area contributed by atoms with E-state index in [4.69, 9.17) is 12.8 Å². The van der Waals surface area contributed by atoms with Gasteiger partial charge in [-0.2, -0.15) is 0 Å². The van der Waals surface area contributed by atoms with Gasteiger partial charge in [0.05, 0.1) is 0 Å². The first-order valence-electron chi connectivity index (χ1n) is 7.64. The Morgan fingerprint density at radius 1 is 0.542 bits per heavy atom. The summed E-state index contributed by atoms with van der Waals surface area (Å²) in [5, 5.41) is 0. The minimum absolute atomic E-state index is 0.794. The smallest absolute Gasteiger partial charge is 0.0490 e. The first kappa shape index (κ1) is 14.0. The lowest BCUT2D eigenvalue weighted by molar-refractivity contribution is 1.47. The standard InChI is InChI=1S/C24H12/c1-3-17-9-5-6-10-19(17)14-15-20-18(4-2)13-16-23-21-11-7-8-12-22(21)24(20)23/h1-2,5-13,16H. The van der Waals surface area contributed by atoms with Crippen molar-refractivity contribution in [3.05, 3.63) is 82.9 Å². The molecule has 1 aliphatic rings. The van der Waals surface area contributed by atoms with E-state index >= 15 is 0 Å². The summed E-state index contributed by atoms with van der Waals surface area (Å²) in [5.74, 6) is 11.9. The van der Waals surface area contributed by atoms with Crippen LogP contribution in [-0.4, -0.2) is 0 Å². The van der Waals surface area contributed by atoms with E-state index in [1.807, 2.05) is 42.5 Å². The molecule has 0 unspecified atom stereocenters. The number of benzene rings is 3. The molecule has 0 nitrogen and oxygen atoms in total. The maximum atomic E-state index is 5.69. The van der Waals surface area contributed by atoms with Gasteiger partial charge in [0.1, 0.15) is 0 Å². The first-order valence-corrected chi connectivity index (χ1v) is 7.64. The van der Waals surface area contributed by atoms with Crippen LogP contribution in [0, 0.1) is 36.5 Å². The normalized spacial score (nSPS) is 10.1. The van der Waals surface area contributed by atoms with Gasteiger partial charge in [-0.15, -0.1) is 12.8 Å². The summed E-state index contributed by atoms with van der Waals surface area (Å²) < 4.78 is 0. The fourth-order valence-corrected chi connectivity index (χ4v) is 3.08. The first-order chi connectivity index (χ1) is 11.8. The summed E-state index contributed by atoms with van der Waals surface area (Å²) in [5.41, 5.74) is 8.17. The monoisotopic (exact) mass is 300 g/mol. The lowest BCUT2D eigenvalue weighted by atomic mass is 9.77. The maximum Gasteiger partial charge on any atom is 0.0490 e. The van der Waals surface area contributed by atoms with Crippen molar-refractivity contribution < 1.29 is 0 Å². The van der Waals surface area contributed by atoms with Gasteiger partial charge in [0.25, 0.3) is 0 Å². The molecule has 0 bridgehead atoms. The molecule has 1 aliphatic carbocycles. The molecule has 3 aromatic carbocycles. The van der Waals surface area contributed by atoms with E-state index in [9.17, 15) is 0 Å². The topological polar surface area (TPSA) is 0 Å². The zero-order chi connectivity index (χ0) is 16.5. The van der Waals surface area contributed by atoms with Gasteiger partial charge >= 0.3 is 0 Å². The van der Waals surface area contributed by atoms with Gasteiger partial charge < -0.3 is 0 Å². The van der Waals surface area contributed by atoms with Gasteiger partial charge in [-0.05, 0) is 34.9 Å². The van der Waals surface area contributed by atoms with Crippen LogP contribution in [-0.2, 0) is 0 Å². The molecule has 0 N–H and O–H groups in total. The van der Waals surface area contributed by atoms with E-state index in [1.54, 1.807) is 0 Å². The number of fused-ring (bicyclic) bond motifs is 4.